The molecule has 0 fully saturated rings. The first kappa shape index (κ1) is 33.6. The topological polar surface area (TPSA) is 69.9 Å². The molecule has 6 nitrogen and oxygen atoms in total. The minimum Gasteiger partial charge on any atom is -0.456 e. The van der Waals surface area contributed by atoms with Crippen molar-refractivity contribution in [2.24, 2.45) is 0 Å². The Hall–Kier alpha value is -8.35. The van der Waals surface area contributed by atoms with E-state index in [1.807, 2.05) is 66.7 Å². The van der Waals surface area contributed by atoms with Gasteiger partial charge in [-0.15, -0.1) is 0 Å². The summed E-state index contributed by atoms with van der Waals surface area (Å²) in [6.45, 7) is 0. The van der Waals surface area contributed by atoms with E-state index >= 15 is 0 Å². The summed E-state index contributed by atoms with van der Waals surface area (Å²) in [4.78, 5) is 15.8. The fourth-order valence-corrected chi connectivity index (χ4v) is 9.21. The lowest BCUT2D eigenvalue weighted by Crippen LogP contribution is -2.07. The molecule has 0 amide bonds. The van der Waals surface area contributed by atoms with E-state index in [9.17, 15) is 0 Å². The Bertz CT molecular complexity index is 3900. The Morgan fingerprint density at radius 1 is 0.311 bits per heavy atom. The van der Waals surface area contributed by atoms with E-state index in [1.54, 1.807) is 0 Å². The highest BCUT2D eigenvalue weighted by atomic mass is 16.3. The lowest BCUT2D eigenvalue weighted by molar-refractivity contribution is 0.668. The van der Waals surface area contributed by atoms with Crippen LogP contribution in [0.2, 0.25) is 0 Å². The zero-order chi connectivity index (χ0) is 40.0. The Kier molecular flexibility index (Phi) is 7.21. The average Bonchev–Trinajstić information content (AvgIpc) is 4.01. The summed E-state index contributed by atoms with van der Waals surface area (Å²) in [7, 11) is 0. The van der Waals surface area contributed by atoms with Gasteiger partial charge in [-0.3, -0.25) is 4.57 Å². The van der Waals surface area contributed by atoms with Gasteiger partial charge in [-0.05, 0) is 64.5 Å². The predicted molar refractivity (Wildman–Crippen MR) is 248 cm³/mol. The molecule has 61 heavy (non-hydrogen) atoms. The molecule has 0 spiro atoms. The summed E-state index contributed by atoms with van der Waals surface area (Å²) in [5.74, 6) is 1.67. The van der Waals surface area contributed by atoms with Crippen molar-refractivity contribution in [1.82, 2.24) is 19.5 Å². The van der Waals surface area contributed by atoms with Gasteiger partial charge in [0.25, 0.3) is 0 Å². The standard InChI is InChI=1S/C55H32N4O2/c1-2-13-34(14-3-1)53-56-54(38-26-28-44-42-19-7-9-23-48(42)61-50(44)32-38)58-55(57-53)59-51-39-17-5-4-12-33(39)24-29-46(51)45-21-11-20-40(52(45)59)37-16-10-15-35(30-37)36-25-27-43-41-18-6-8-22-47(41)60-49(43)31-36/h1-32H. The van der Waals surface area contributed by atoms with Gasteiger partial charge >= 0.3 is 0 Å². The highest BCUT2D eigenvalue weighted by Crippen LogP contribution is 2.42. The summed E-state index contributed by atoms with van der Waals surface area (Å²) in [6, 6.07) is 67.5. The van der Waals surface area contributed by atoms with Gasteiger partial charge in [0.15, 0.2) is 11.6 Å². The summed E-state index contributed by atoms with van der Waals surface area (Å²) in [5.41, 5.74) is 11.5. The Morgan fingerprint density at radius 2 is 0.836 bits per heavy atom. The highest BCUT2D eigenvalue weighted by Gasteiger charge is 2.23. The van der Waals surface area contributed by atoms with Crippen LogP contribution in [0.4, 0.5) is 0 Å². The molecule has 0 unspecified atom stereocenters. The smallest absolute Gasteiger partial charge is 0.238 e. The Labute approximate surface area is 348 Å². The molecule has 0 bridgehead atoms. The molecule has 0 aliphatic rings. The van der Waals surface area contributed by atoms with Crippen molar-refractivity contribution < 1.29 is 8.83 Å². The number of hydrogen-bond donors (Lipinski definition) is 0. The molecule has 0 N–H and O–H groups in total. The van der Waals surface area contributed by atoms with Gasteiger partial charge in [-0.1, -0.05) is 152 Å². The number of fused-ring (bicyclic) bond motifs is 11. The molecule has 9 aromatic carbocycles. The van der Waals surface area contributed by atoms with Crippen LogP contribution in [-0.4, -0.2) is 19.5 Å². The van der Waals surface area contributed by atoms with Crippen molar-refractivity contribution in [1.29, 1.82) is 0 Å². The first-order valence-electron chi connectivity index (χ1n) is 20.4. The lowest BCUT2D eigenvalue weighted by atomic mass is 9.97. The molecule has 0 aliphatic heterocycles. The van der Waals surface area contributed by atoms with Crippen molar-refractivity contribution >= 4 is 76.5 Å². The summed E-state index contributed by atoms with van der Waals surface area (Å²) in [6.07, 6.45) is 0. The third kappa shape index (κ3) is 5.26. The Morgan fingerprint density at radius 3 is 1.61 bits per heavy atom. The van der Waals surface area contributed by atoms with Crippen LogP contribution in [0.1, 0.15) is 0 Å². The zero-order valence-electron chi connectivity index (χ0n) is 32.6. The van der Waals surface area contributed by atoms with Gasteiger partial charge in [-0.2, -0.15) is 9.97 Å². The molecule has 0 saturated heterocycles. The predicted octanol–water partition coefficient (Wildman–Crippen LogP) is 14.6. The summed E-state index contributed by atoms with van der Waals surface area (Å²) in [5, 5.41) is 8.84. The van der Waals surface area contributed by atoms with Crippen LogP contribution >= 0.6 is 0 Å². The van der Waals surface area contributed by atoms with Crippen LogP contribution in [0.5, 0.6) is 0 Å². The molecule has 4 aromatic heterocycles. The van der Waals surface area contributed by atoms with E-state index in [-0.39, 0.29) is 0 Å². The molecule has 6 heteroatoms. The normalized spacial score (nSPS) is 11.9. The largest absolute Gasteiger partial charge is 0.456 e. The average molecular weight is 781 g/mol. The van der Waals surface area contributed by atoms with Crippen molar-refractivity contribution in [2.75, 3.05) is 0 Å². The van der Waals surface area contributed by atoms with Crippen LogP contribution in [0.25, 0.3) is 127 Å². The van der Waals surface area contributed by atoms with E-state index in [0.29, 0.717) is 17.6 Å². The number of aromatic nitrogens is 4. The molecular weight excluding hydrogens is 749 g/mol. The highest BCUT2D eigenvalue weighted by molar-refractivity contribution is 6.21. The number of hydrogen-bond acceptors (Lipinski definition) is 5. The first-order valence-corrected chi connectivity index (χ1v) is 20.4. The number of nitrogens with zero attached hydrogens (tertiary/aromatic N) is 4. The minimum atomic E-state index is 0.531. The number of rotatable bonds is 5. The molecule has 0 saturated carbocycles. The van der Waals surface area contributed by atoms with E-state index in [0.717, 1.165) is 110 Å². The maximum absolute atomic E-state index is 6.35. The van der Waals surface area contributed by atoms with Gasteiger partial charge in [0.2, 0.25) is 5.95 Å². The van der Waals surface area contributed by atoms with Crippen LogP contribution in [0.3, 0.4) is 0 Å². The fourth-order valence-electron chi connectivity index (χ4n) is 9.21. The van der Waals surface area contributed by atoms with Crippen LogP contribution in [0, 0.1) is 0 Å². The van der Waals surface area contributed by atoms with Crippen LogP contribution in [-0.2, 0) is 0 Å². The van der Waals surface area contributed by atoms with Crippen molar-refractivity contribution in [3.05, 3.63) is 194 Å². The molecule has 13 rings (SSSR count). The number of para-hydroxylation sites is 3. The SMILES string of the molecule is c1ccc(-c2nc(-c3ccc4c(c3)oc3ccccc34)nc(-n3c4c(-c5cccc(-c6ccc7c(c6)oc6ccccc67)c5)cccc4c4ccc5ccccc5c43)n2)cc1. The van der Waals surface area contributed by atoms with Crippen molar-refractivity contribution in [2.45, 2.75) is 0 Å². The fraction of sp³-hybridized carbons (Fsp3) is 0. The molecule has 0 aliphatic carbocycles. The van der Waals surface area contributed by atoms with Gasteiger partial charge in [0.1, 0.15) is 22.3 Å². The second-order valence-electron chi connectivity index (χ2n) is 15.6. The lowest BCUT2D eigenvalue weighted by Gasteiger charge is -2.14. The summed E-state index contributed by atoms with van der Waals surface area (Å²) >= 11 is 0. The monoisotopic (exact) mass is 780 g/mol. The quantitative estimate of drug-likeness (QED) is 0.174. The number of furan rings is 2. The van der Waals surface area contributed by atoms with Crippen LogP contribution < -0.4 is 0 Å². The number of benzene rings is 9. The molecular formula is C55H32N4O2. The molecule has 0 radical (unpaired) electrons. The van der Waals surface area contributed by atoms with Gasteiger partial charge in [0.05, 0.1) is 11.0 Å². The maximum atomic E-state index is 6.35. The van der Waals surface area contributed by atoms with Crippen molar-refractivity contribution in [3.63, 3.8) is 0 Å². The van der Waals surface area contributed by atoms with Gasteiger partial charge in [0, 0.05) is 54.4 Å². The third-order valence-corrected chi connectivity index (χ3v) is 12.1. The second-order valence-corrected chi connectivity index (χ2v) is 15.6. The van der Waals surface area contributed by atoms with Crippen molar-refractivity contribution in [3.8, 4) is 51.0 Å². The van der Waals surface area contributed by atoms with E-state index in [2.05, 4.69) is 132 Å². The van der Waals surface area contributed by atoms with Gasteiger partial charge < -0.3 is 8.83 Å². The Balaban J connectivity index is 1.07. The van der Waals surface area contributed by atoms with E-state index < -0.39 is 0 Å². The first-order chi connectivity index (χ1) is 30.2. The molecule has 0 atom stereocenters. The third-order valence-electron chi connectivity index (χ3n) is 12.1. The minimum absolute atomic E-state index is 0.531. The van der Waals surface area contributed by atoms with E-state index in [4.69, 9.17) is 23.8 Å². The molecule has 13 aromatic rings. The maximum Gasteiger partial charge on any atom is 0.238 e. The van der Waals surface area contributed by atoms with Gasteiger partial charge in [-0.25, -0.2) is 4.98 Å². The van der Waals surface area contributed by atoms with Crippen LogP contribution in [0.15, 0.2) is 203 Å². The zero-order valence-corrected chi connectivity index (χ0v) is 32.6. The molecule has 4 heterocycles. The van der Waals surface area contributed by atoms with E-state index in [1.165, 1.54) is 0 Å². The molecule has 284 valence electrons. The summed E-state index contributed by atoms with van der Waals surface area (Å²) < 4.78 is 14.9. The second kappa shape index (κ2) is 13.1.